The molecule has 5 N–H and O–H groups in total. The molecule has 2 aromatic heterocycles. The van der Waals surface area contributed by atoms with Gasteiger partial charge in [0, 0.05) is 108 Å². The van der Waals surface area contributed by atoms with Gasteiger partial charge in [-0.15, -0.1) is 11.3 Å². The van der Waals surface area contributed by atoms with Crippen molar-refractivity contribution >= 4 is 58.2 Å². The summed E-state index contributed by atoms with van der Waals surface area (Å²) in [6.07, 6.45) is 4.38. The molecule has 6 saturated heterocycles. The van der Waals surface area contributed by atoms with Gasteiger partial charge in [0.25, 0.3) is 5.91 Å². The fourth-order valence-corrected chi connectivity index (χ4v) is 14.3. The largest absolute Gasteiger partial charge is 0.491 e. The van der Waals surface area contributed by atoms with Crippen LogP contribution in [-0.4, -0.2) is 185 Å². The highest BCUT2D eigenvalue weighted by Gasteiger charge is 2.54. The van der Waals surface area contributed by atoms with Gasteiger partial charge < -0.3 is 55.6 Å². The molecule has 1 spiro atoms. The van der Waals surface area contributed by atoms with Gasteiger partial charge in [0.2, 0.25) is 23.6 Å². The number of fused-ring (bicyclic) bond motifs is 1. The van der Waals surface area contributed by atoms with Gasteiger partial charge in [-0.25, -0.2) is 28.1 Å². The molecule has 1 saturated carbocycles. The third-order valence-corrected chi connectivity index (χ3v) is 20.1. The molecule has 24 heteroatoms. The van der Waals surface area contributed by atoms with Crippen molar-refractivity contribution in [1.82, 2.24) is 50.9 Å². The molecular formula is C63H84F3N13O7S. The zero-order valence-corrected chi connectivity index (χ0v) is 51.8. The summed E-state index contributed by atoms with van der Waals surface area (Å²) in [4.78, 5) is 93.8. The Balaban J connectivity index is 0.625. The summed E-state index contributed by atoms with van der Waals surface area (Å²) in [6, 6.07) is 8.13. The zero-order chi connectivity index (χ0) is 61.6. The summed E-state index contributed by atoms with van der Waals surface area (Å²) < 4.78 is 52.5. The van der Waals surface area contributed by atoms with Crippen molar-refractivity contribution < 1.29 is 47.0 Å². The first kappa shape index (κ1) is 62.0. The predicted molar refractivity (Wildman–Crippen MR) is 325 cm³/mol. The van der Waals surface area contributed by atoms with Gasteiger partial charge in [0.1, 0.15) is 54.0 Å². The number of hydrogen-bond acceptors (Lipinski definition) is 16. The summed E-state index contributed by atoms with van der Waals surface area (Å²) in [5.41, 5.74) is 1.46. The molecule has 1 aliphatic carbocycles. The lowest BCUT2D eigenvalue weighted by molar-refractivity contribution is -0.145. The second kappa shape index (κ2) is 25.1. The van der Waals surface area contributed by atoms with Crippen LogP contribution in [0.15, 0.2) is 48.2 Å². The van der Waals surface area contributed by atoms with Gasteiger partial charge >= 0.3 is 0 Å². The van der Waals surface area contributed by atoms with Gasteiger partial charge in [0.15, 0.2) is 5.67 Å². The number of rotatable bonds is 19. The van der Waals surface area contributed by atoms with E-state index in [2.05, 4.69) is 69.7 Å². The van der Waals surface area contributed by atoms with Crippen LogP contribution in [0, 0.1) is 41.2 Å². The minimum Gasteiger partial charge on any atom is -0.491 e. The number of halogens is 3. The molecule has 11 rings (SSSR count). The highest BCUT2D eigenvalue weighted by atomic mass is 32.1. The van der Waals surface area contributed by atoms with Crippen LogP contribution in [-0.2, 0) is 37.1 Å². The maximum atomic E-state index is 15.8. The minimum absolute atomic E-state index is 0.00696. The molecule has 470 valence electrons. The van der Waals surface area contributed by atoms with E-state index < -0.39 is 64.2 Å². The van der Waals surface area contributed by atoms with Crippen LogP contribution in [0.3, 0.4) is 0 Å². The predicted octanol–water partition coefficient (Wildman–Crippen LogP) is 5.35. The Morgan fingerprint density at radius 3 is 2.23 bits per heavy atom. The zero-order valence-electron chi connectivity index (χ0n) is 50.9. The maximum Gasteiger partial charge on any atom is 0.258 e. The summed E-state index contributed by atoms with van der Waals surface area (Å²) >= 11 is 1.49. The van der Waals surface area contributed by atoms with Crippen molar-refractivity contribution in [2.75, 3.05) is 106 Å². The summed E-state index contributed by atoms with van der Waals surface area (Å²) in [5, 5.41) is 22.4. The van der Waals surface area contributed by atoms with Gasteiger partial charge in [-0.3, -0.25) is 28.9 Å². The Kier molecular flexibility index (Phi) is 17.9. The van der Waals surface area contributed by atoms with Gasteiger partial charge in [-0.1, -0.05) is 46.8 Å². The molecule has 0 bridgehead atoms. The summed E-state index contributed by atoms with van der Waals surface area (Å²) in [5.74, 6) is -0.181. The molecule has 0 radical (unpaired) electrons. The summed E-state index contributed by atoms with van der Waals surface area (Å²) in [6.45, 7) is 19.6. The van der Waals surface area contributed by atoms with E-state index in [0.717, 1.165) is 79.9 Å². The molecule has 6 aliphatic heterocycles. The van der Waals surface area contributed by atoms with E-state index in [-0.39, 0.29) is 75.0 Å². The number of ether oxygens (including phenoxy) is 1. The third-order valence-electron chi connectivity index (χ3n) is 19.1. The number of β-amino-alcohol motifs (C(OH)–C–C–N with tert-alkyl or cyclic N) is 1. The second-order valence-corrected chi connectivity index (χ2v) is 28.2. The van der Waals surface area contributed by atoms with E-state index in [0.29, 0.717) is 80.7 Å². The van der Waals surface area contributed by atoms with Crippen LogP contribution >= 0.6 is 11.3 Å². The van der Waals surface area contributed by atoms with E-state index in [1.807, 2.05) is 31.2 Å². The van der Waals surface area contributed by atoms with Crippen LogP contribution in [0.5, 0.6) is 5.75 Å². The fourth-order valence-electron chi connectivity index (χ4n) is 13.5. The van der Waals surface area contributed by atoms with Gasteiger partial charge in [-0.05, 0) is 98.9 Å². The number of aryl methyl sites for hydroxylation is 1. The number of piperidine rings is 2. The Hall–Kier alpha value is -6.63. The van der Waals surface area contributed by atoms with Crippen LogP contribution < -0.4 is 40.7 Å². The van der Waals surface area contributed by atoms with Crippen molar-refractivity contribution in [2.24, 2.45) is 22.7 Å². The van der Waals surface area contributed by atoms with Crippen molar-refractivity contribution in [3.63, 3.8) is 0 Å². The number of piperazine rings is 1. The number of anilines is 3. The van der Waals surface area contributed by atoms with E-state index in [9.17, 15) is 33.5 Å². The number of nitrogens with zero attached hydrogens (tertiary/aromatic N) is 9. The van der Waals surface area contributed by atoms with Crippen molar-refractivity contribution in [1.29, 1.82) is 0 Å². The Bertz CT molecular complexity index is 3200. The quantitative estimate of drug-likeness (QED) is 0.0748. The molecule has 0 unspecified atom stereocenters. The lowest BCUT2D eigenvalue weighted by Crippen LogP contribution is -2.66. The number of nitrogens with one attached hydrogen (secondary N) is 4. The van der Waals surface area contributed by atoms with Crippen LogP contribution in [0.4, 0.5) is 30.5 Å². The highest BCUT2D eigenvalue weighted by molar-refractivity contribution is 7.13. The lowest BCUT2D eigenvalue weighted by atomic mass is 9.82. The molecule has 4 aromatic rings. The summed E-state index contributed by atoms with van der Waals surface area (Å²) in [7, 11) is 0. The number of thiazole rings is 1. The molecule has 7 fully saturated rings. The van der Waals surface area contributed by atoms with Gasteiger partial charge in [0.05, 0.1) is 46.5 Å². The van der Waals surface area contributed by atoms with Crippen molar-refractivity contribution in [3.05, 3.63) is 76.7 Å². The SMILES string of the molecule is Cc1ncsc1-c1ccc(CNC(=O)[C@@H]2C[C@@H](O)CN2C(=O)[C@@H](NC(=O)C2(F)CC2)C(C)(C)C)c(OCCNC(=O)CCN2C[C@@H]3CN(c4cc(N5CCC6(CC5)CN(c5cc(F)c(CN7CCC(C)(C)CC7)cc5F)CC(=O)N6)ncn4)C[C@@H]3C2)c1. The average molecular weight is 1220 g/mol. The van der Waals surface area contributed by atoms with E-state index in [4.69, 9.17) is 4.74 Å². The maximum absolute atomic E-state index is 15.8. The molecule has 7 aliphatic rings. The fraction of sp³-hybridized carbons (Fsp3) is 0.619. The number of aliphatic hydroxyl groups excluding tert-OH is 1. The van der Waals surface area contributed by atoms with Crippen molar-refractivity contribution in [3.8, 4) is 16.2 Å². The average Bonchev–Trinajstić information content (AvgIpc) is 3.46. The molecule has 20 nitrogen and oxygen atoms in total. The first-order valence-corrected chi connectivity index (χ1v) is 31.8. The van der Waals surface area contributed by atoms with Gasteiger partial charge in [-0.2, -0.15) is 0 Å². The third kappa shape index (κ3) is 14.3. The number of alkyl halides is 1. The van der Waals surface area contributed by atoms with E-state index >= 15 is 8.78 Å². The minimum atomic E-state index is -1.99. The number of aliphatic hydroxyl groups is 1. The molecule has 8 heterocycles. The van der Waals surface area contributed by atoms with Crippen molar-refractivity contribution in [2.45, 2.75) is 135 Å². The monoisotopic (exact) mass is 1220 g/mol. The smallest absolute Gasteiger partial charge is 0.258 e. The van der Waals surface area contributed by atoms with Crippen LogP contribution in [0.1, 0.15) is 103 Å². The first-order valence-electron chi connectivity index (χ1n) is 30.9. The number of carbonyl (C=O) groups excluding carboxylic acids is 5. The van der Waals surface area contributed by atoms with Crippen LogP contribution in [0.2, 0.25) is 0 Å². The molecular weight excluding hydrogens is 1140 g/mol. The number of likely N-dealkylation sites (tertiary alicyclic amines) is 3. The molecule has 5 amide bonds. The van der Waals surface area contributed by atoms with E-state index in [1.54, 1.807) is 37.5 Å². The first-order chi connectivity index (χ1) is 41.4. The highest BCUT2D eigenvalue weighted by Crippen LogP contribution is 2.42. The Morgan fingerprint density at radius 1 is 0.839 bits per heavy atom. The number of benzene rings is 2. The molecule has 2 aromatic carbocycles. The Morgan fingerprint density at radius 2 is 1.55 bits per heavy atom. The Labute approximate surface area is 511 Å². The number of amides is 5. The number of hydrogen-bond donors (Lipinski definition) is 5. The molecule has 87 heavy (non-hydrogen) atoms. The standard InChI is InChI=1S/C63H84F3N13O7S/c1-39-55(87-38-71-39)40-7-8-41(28-68-57(83)49-25-45(80)34-79(49)58(84)56(60(2,3)4)72-59(85)63(66)10-11-63)50(24-40)86-22-16-67-53(81)9-17-75-30-43-32-77(33-44(43)31-75)52-27-51(69-37-70-52)76-20-14-62(15-21-76)36-78(35-54(82)73-62)48-26-46(64)42(23-47(48)65)29-74-18-12-61(5,6)13-19-74/h7-8,23-24,26-27,37-38,43-45,49,56,80H,9-22,25,28-36H2,1-6H3,(H,67,81)(H,68,83)(H,72,85)(H,73,82)/t43-,44+,45-,49+,56-/m1/s1. The molecule has 5 atom stereocenters. The number of aromatic nitrogens is 3. The lowest BCUT2D eigenvalue weighted by Gasteiger charge is -2.48. The van der Waals surface area contributed by atoms with E-state index in [1.165, 1.54) is 28.4 Å². The normalized spacial score (nSPS) is 23.8. The number of carbonyl (C=O) groups is 5. The topological polar surface area (TPSA) is 221 Å². The second-order valence-electron chi connectivity index (χ2n) is 27.3. The van der Waals surface area contributed by atoms with Crippen LogP contribution in [0.25, 0.3) is 10.4 Å².